The van der Waals surface area contributed by atoms with Gasteiger partial charge in [0.1, 0.15) is 6.10 Å². The lowest BCUT2D eigenvalue weighted by atomic mass is 10.2. The number of para-hydroxylation sites is 1. The summed E-state index contributed by atoms with van der Waals surface area (Å²) < 4.78 is 5.34. The molecule has 2 heterocycles. The van der Waals surface area contributed by atoms with E-state index in [9.17, 15) is 4.79 Å². The van der Waals surface area contributed by atoms with Crippen LogP contribution in [0.15, 0.2) is 42.5 Å². The lowest BCUT2D eigenvalue weighted by Crippen LogP contribution is -2.27. The van der Waals surface area contributed by atoms with Crippen LogP contribution in [0.4, 0.5) is 17.3 Å². The van der Waals surface area contributed by atoms with E-state index in [2.05, 4.69) is 15.5 Å². The van der Waals surface area contributed by atoms with Gasteiger partial charge < -0.3 is 15.0 Å². The zero-order valence-electron chi connectivity index (χ0n) is 12.4. The third-order valence-electron chi connectivity index (χ3n) is 3.61. The molecule has 1 amide bonds. The monoisotopic (exact) mass is 298 g/mol. The highest BCUT2D eigenvalue weighted by Crippen LogP contribution is 2.21. The van der Waals surface area contributed by atoms with Crippen molar-refractivity contribution in [3.05, 3.63) is 42.5 Å². The molecular formula is C16H18N4O2. The maximum atomic E-state index is 11.9. The first-order valence-corrected chi connectivity index (χ1v) is 7.29. The van der Waals surface area contributed by atoms with Gasteiger partial charge in [0.2, 0.25) is 0 Å². The van der Waals surface area contributed by atoms with Crippen molar-refractivity contribution in [1.82, 2.24) is 10.2 Å². The zero-order valence-corrected chi connectivity index (χ0v) is 12.4. The number of carbonyl (C=O) groups is 1. The third kappa shape index (κ3) is 3.23. The summed E-state index contributed by atoms with van der Waals surface area (Å²) in [5.41, 5.74) is 1.02. The number of hydrogen-bond acceptors (Lipinski definition) is 5. The molecule has 1 aliphatic heterocycles. The Hall–Kier alpha value is -2.47. The van der Waals surface area contributed by atoms with Crippen LogP contribution in [0, 0.1) is 0 Å². The summed E-state index contributed by atoms with van der Waals surface area (Å²) in [5.74, 6) is 0.989. The Morgan fingerprint density at radius 2 is 2.05 bits per heavy atom. The van der Waals surface area contributed by atoms with E-state index >= 15 is 0 Å². The average Bonchev–Trinajstić information content (AvgIpc) is 3.10. The molecule has 0 radical (unpaired) electrons. The van der Waals surface area contributed by atoms with Crippen LogP contribution in [-0.4, -0.2) is 35.9 Å². The summed E-state index contributed by atoms with van der Waals surface area (Å²) >= 11 is 0. The minimum Gasteiger partial charge on any atom is -0.368 e. The molecule has 2 aromatic rings. The van der Waals surface area contributed by atoms with E-state index in [1.165, 1.54) is 0 Å². The van der Waals surface area contributed by atoms with Gasteiger partial charge in [-0.1, -0.05) is 18.2 Å². The van der Waals surface area contributed by atoms with Crippen molar-refractivity contribution in [2.75, 3.05) is 23.9 Å². The lowest BCUT2D eigenvalue weighted by Gasteiger charge is -2.17. The molecule has 6 heteroatoms. The predicted molar refractivity (Wildman–Crippen MR) is 84.1 cm³/mol. The summed E-state index contributed by atoms with van der Waals surface area (Å²) in [5, 5.41) is 10.9. The quantitative estimate of drug-likeness (QED) is 0.938. The van der Waals surface area contributed by atoms with Gasteiger partial charge in [-0.25, -0.2) is 0 Å². The number of amides is 1. The van der Waals surface area contributed by atoms with Crippen molar-refractivity contribution >= 4 is 23.2 Å². The number of nitrogens with zero attached hydrogens (tertiary/aromatic N) is 3. The van der Waals surface area contributed by atoms with Crippen molar-refractivity contribution in [2.45, 2.75) is 18.9 Å². The van der Waals surface area contributed by atoms with Crippen molar-refractivity contribution in [3.8, 4) is 0 Å². The van der Waals surface area contributed by atoms with Crippen molar-refractivity contribution in [2.24, 2.45) is 0 Å². The van der Waals surface area contributed by atoms with Gasteiger partial charge in [0.05, 0.1) is 0 Å². The molecule has 1 atom stereocenters. The molecule has 1 aromatic heterocycles. The second-order valence-corrected chi connectivity index (χ2v) is 5.16. The summed E-state index contributed by atoms with van der Waals surface area (Å²) in [6, 6.07) is 13.5. The first-order valence-electron chi connectivity index (χ1n) is 7.29. The minimum absolute atomic E-state index is 0.157. The number of hydrogen-bond donors (Lipinski definition) is 1. The van der Waals surface area contributed by atoms with Crippen LogP contribution >= 0.6 is 0 Å². The molecule has 0 aliphatic carbocycles. The minimum atomic E-state index is -0.367. The van der Waals surface area contributed by atoms with E-state index in [0.717, 1.165) is 18.5 Å². The van der Waals surface area contributed by atoms with Crippen LogP contribution in [0.5, 0.6) is 0 Å². The number of carbonyl (C=O) groups excluding carboxylic acids is 1. The number of rotatable bonds is 4. The van der Waals surface area contributed by atoms with E-state index in [-0.39, 0.29) is 12.0 Å². The Morgan fingerprint density at radius 1 is 1.23 bits per heavy atom. The number of anilines is 3. The van der Waals surface area contributed by atoms with Crippen molar-refractivity contribution < 1.29 is 9.53 Å². The second kappa shape index (κ2) is 6.53. The van der Waals surface area contributed by atoms with E-state index in [1.54, 1.807) is 6.07 Å². The van der Waals surface area contributed by atoms with Crippen LogP contribution < -0.4 is 10.2 Å². The normalized spacial score (nSPS) is 17.2. The van der Waals surface area contributed by atoms with Crippen LogP contribution in [-0.2, 0) is 9.53 Å². The SMILES string of the molecule is CN(c1ccccc1)c1ccc(NC(=O)C2CCCO2)nn1. The molecule has 1 fully saturated rings. The van der Waals surface area contributed by atoms with Gasteiger partial charge in [-0.2, -0.15) is 0 Å². The number of benzene rings is 1. The molecular weight excluding hydrogens is 280 g/mol. The highest BCUT2D eigenvalue weighted by molar-refractivity contribution is 5.93. The molecule has 0 spiro atoms. The molecule has 1 aromatic carbocycles. The van der Waals surface area contributed by atoms with E-state index in [4.69, 9.17) is 4.74 Å². The third-order valence-corrected chi connectivity index (χ3v) is 3.61. The molecule has 3 rings (SSSR count). The van der Waals surface area contributed by atoms with Gasteiger partial charge in [0.25, 0.3) is 5.91 Å². The molecule has 1 saturated heterocycles. The smallest absolute Gasteiger partial charge is 0.254 e. The van der Waals surface area contributed by atoms with Gasteiger partial charge in [-0.15, -0.1) is 10.2 Å². The van der Waals surface area contributed by atoms with E-state index < -0.39 is 0 Å². The zero-order chi connectivity index (χ0) is 15.4. The van der Waals surface area contributed by atoms with Crippen molar-refractivity contribution in [3.63, 3.8) is 0 Å². The van der Waals surface area contributed by atoms with E-state index in [0.29, 0.717) is 18.2 Å². The Kier molecular flexibility index (Phi) is 4.29. The highest BCUT2D eigenvalue weighted by Gasteiger charge is 2.23. The molecule has 1 unspecified atom stereocenters. The molecule has 22 heavy (non-hydrogen) atoms. The van der Waals surface area contributed by atoms with Crippen molar-refractivity contribution in [1.29, 1.82) is 0 Å². The van der Waals surface area contributed by atoms with Crippen LogP contribution in [0.3, 0.4) is 0 Å². The topological polar surface area (TPSA) is 67.4 Å². The first kappa shape index (κ1) is 14.5. The largest absolute Gasteiger partial charge is 0.368 e. The van der Waals surface area contributed by atoms with Gasteiger partial charge in [0.15, 0.2) is 11.6 Å². The van der Waals surface area contributed by atoms with Crippen LogP contribution in [0.25, 0.3) is 0 Å². The predicted octanol–water partition coefficient (Wildman–Crippen LogP) is 2.36. The number of aromatic nitrogens is 2. The van der Waals surface area contributed by atoms with E-state index in [1.807, 2.05) is 48.3 Å². The Labute approximate surface area is 129 Å². The molecule has 0 saturated carbocycles. The summed E-state index contributed by atoms with van der Waals surface area (Å²) in [6.07, 6.45) is 1.31. The molecule has 114 valence electrons. The standard InChI is InChI=1S/C16H18N4O2/c1-20(12-6-3-2-4-7-12)15-10-9-14(18-19-15)17-16(21)13-8-5-11-22-13/h2-4,6-7,9-10,13H,5,8,11H2,1H3,(H,17,18,21). The summed E-state index contributed by atoms with van der Waals surface area (Å²) in [7, 11) is 1.92. The summed E-state index contributed by atoms with van der Waals surface area (Å²) in [6.45, 7) is 0.643. The fourth-order valence-electron chi connectivity index (χ4n) is 2.35. The first-order chi connectivity index (χ1) is 10.7. The second-order valence-electron chi connectivity index (χ2n) is 5.16. The van der Waals surface area contributed by atoms with Gasteiger partial charge >= 0.3 is 0 Å². The highest BCUT2D eigenvalue weighted by atomic mass is 16.5. The van der Waals surface area contributed by atoms with Gasteiger partial charge in [0, 0.05) is 19.3 Å². The molecule has 0 bridgehead atoms. The Morgan fingerprint density at radius 3 is 2.68 bits per heavy atom. The Balaban J connectivity index is 1.66. The maximum absolute atomic E-state index is 11.9. The van der Waals surface area contributed by atoms with Gasteiger partial charge in [-0.05, 0) is 37.1 Å². The molecule has 1 N–H and O–H groups in total. The number of ether oxygens (including phenoxy) is 1. The molecule has 1 aliphatic rings. The lowest BCUT2D eigenvalue weighted by molar-refractivity contribution is -0.124. The average molecular weight is 298 g/mol. The Bertz CT molecular complexity index is 624. The number of nitrogens with one attached hydrogen (secondary N) is 1. The van der Waals surface area contributed by atoms with Gasteiger partial charge in [-0.3, -0.25) is 4.79 Å². The fourth-order valence-corrected chi connectivity index (χ4v) is 2.35. The van der Waals surface area contributed by atoms with Crippen LogP contribution in [0.2, 0.25) is 0 Å². The fraction of sp³-hybridized carbons (Fsp3) is 0.312. The van der Waals surface area contributed by atoms with Crippen LogP contribution in [0.1, 0.15) is 12.8 Å². The summed E-state index contributed by atoms with van der Waals surface area (Å²) in [4.78, 5) is 13.9. The maximum Gasteiger partial charge on any atom is 0.254 e. The molecule has 6 nitrogen and oxygen atoms in total.